The molecule has 12 heteroatoms. The molecule has 10 nitrogen and oxygen atoms in total. The summed E-state index contributed by atoms with van der Waals surface area (Å²) in [5.41, 5.74) is 3.57. The van der Waals surface area contributed by atoms with Crippen LogP contribution in [0, 0.1) is 0 Å². The molecule has 2 rings (SSSR count). The van der Waals surface area contributed by atoms with Crippen LogP contribution >= 0.6 is 0 Å². The predicted molar refractivity (Wildman–Crippen MR) is 92.2 cm³/mol. The average Bonchev–Trinajstić information content (AvgIpc) is 3.22. The molecule has 0 bridgehead atoms. The van der Waals surface area contributed by atoms with E-state index in [0.29, 0.717) is 5.76 Å². The lowest BCUT2D eigenvalue weighted by atomic mass is 10.2. The number of halogens is 2. The van der Waals surface area contributed by atoms with Gasteiger partial charge in [-0.25, -0.2) is 0 Å². The Morgan fingerprint density at radius 2 is 1.72 bits per heavy atom. The van der Waals surface area contributed by atoms with Crippen LogP contribution in [-0.4, -0.2) is 36.8 Å². The normalized spacial score (nSPS) is 10.2. The first-order valence-electron chi connectivity index (χ1n) is 8.08. The summed E-state index contributed by atoms with van der Waals surface area (Å²) in [6.45, 7) is -3.75. The second kappa shape index (κ2) is 10.4. The predicted octanol–water partition coefficient (Wildman–Crippen LogP) is 0.0746. The number of amides is 4. The summed E-state index contributed by atoms with van der Waals surface area (Å²) in [6, 6.07) is 8.42. The molecule has 0 fully saturated rings. The second-order valence-electron chi connectivity index (χ2n) is 5.32. The molecule has 29 heavy (non-hydrogen) atoms. The molecule has 0 saturated carbocycles. The Balaban J connectivity index is 1.74. The van der Waals surface area contributed by atoms with Crippen LogP contribution in [0.15, 0.2) is 47.1 Å². The molecule has 1 heterocycles. The van der Waals surface area contributed by atoms with Crippen LogP contribution in [0.2, 0.25) is 0 Å². The van der Waals surface area contributed by atoms with Crippen molar-refractivity contribution in [2.24, 2.45) is 0 Å². The molecule has 0 spiro atoms. The number of para-hydroxylation sites is 1. The monoisotopic (exact) mass is 410 g/mol. The summed E-state index contributed by atoms with van der Waals surface area (Å²) >= 11 is 0. The van der Waals surface area contributed by atoms with Gasteiger partial charge in [-0.3, -0.25) is 30.0 Å². The molecular formula is C17H16F2N4O6. The molecule has 4 amide bonds. The minimum Gasteiger partial charge on any atom is -0.467 e. The third kappa shape index (κ3) is 6.93. The van der Waals surface area contributed by atoms with E-state index < -0.39 is 36.8 Å². The standard InChI is InChI=1S/C17H16F2N4O6/c18-17(19)29-12-6-2-1-5-11(12)14(25)21-9-13(24)22-23-16(27)15(26)20-8-10-4-3-7-28-10/h1-7,17H,8-9H2,(H,20,26)(H,21,25)(H,22,24)(H,23,27). The molecule has 0 radical (unpaired) electrons. The number of rotatable bonds is 7. The molecule has 0 unspecified atom stereocenters. The molecular weight excluding hydrogens is 394 g/mol. The Bertz CT molecular complexity index is 873. The molecule has 2 aromatic rings. The van der Waals surface area contributed by atoms with Gasteiger partial charge in [-0.1, -0.05) is 12.1 Å². The van der Waals surface area contributed by atoms with Crippen molar-refractivity contribution >= 4 is 23.6 Å². The van der Waals surface area contributed by atoms with Crippen molar-refractivity contribution in [3.63, 3.8) is 0 Å². The van der Waals surface area contributed by atoms with E-state index in [9.17, 15) is 28.0 Å². The maximum Gasteiger partial charge on any atom is 0.387 e. The van der Waals surface area contributed by atoms with Gasteiger partial charge in [0.25, 0.3) is 11.8 Å². The highest BCUT2D eigenvalue weighted by atomic mass is 19.3. The fourth-order valence-corrected chi connectivity index (χ4v) is 2.00. The third-order valence-electron chi connectivity index (χ3n) is 3.28. The second-order valence-corrected chi connectivity index (χ2v) is 5.32. The third-order valence-corrected chi connectivity index (χ3v) is 3.28. The first-order valence-corrected chi connectivity index (χ1v) is 8.08. The minimum absolute atomic E-state index is 0.0245. The molecule has 1 aromatic heterocycles. The lowest BCUT2D eigenvalue weighted by Gasteiger charge is -2.11. The topological polar surface area (TPSA) is 139 Å². The Kier molecular flexibility index (Phi) is 7.65. The lowest BCUT2D eigenvalue weighted by Crippen LogP contribution is -2.50. The first-order chi connectivity index (χ1) is 13.9. The van der Waals surface area contributed by atoms with Crippen molar-refractivity contribution in [1.29, 1.82) is 0 Å². The zero-order chi connectivity index (χ0) is 21.2. The van der Waals surface area contributed by atoms with Gasteiger partial charge in [-0.05, 0) is 24.3 Å². The molecule has 0 aliphatic carbocycles. The van der Waals surface area contributed by atoms with Crippen LogP contribution in [0.5, 0.6) is 5.75 Å². The van der Waals surface area contributed by atoms with Crippen LogP contribution in [-0.2, 0) is 20.9 Å². The van der Waals surface area contributed by atoms with Crippen LogP contribution in [0.25, 0.3) is 0 Å². The molecule has 0 atom stereocenters. The number of carbonyl (C=O) groups excluding carboxylic acids is 4. The smallest absolute Gasteiger partial charge is 0.387 e. The number of carbonyl (C=O) groups is 4. The van der Waals surface area contributed by atoms with Crippen molar-refractivity contribution in [3.05, 3.63) is 54.0 Å². The van der Waals surface area contributed by atoms with Gasteiger partial charge in [-0.15, -0.1) is 0 Å². The van der Waals surface area contributed by atoms with Gasteiger partial charge in [0.2, 0.25) is 0 Å². The van der Waals surface area contributed by atoms with Crippen LogP contribution in [0.1, 0.15) is 16.1 Å². The van der Waals surface area contributed by atoms with E-state index in [1.165, 1.54) is 30.5 Å². The Morgan fingerprint density at radius 3 is 2.41 bits per heavy atom. The number of benzene rings is 1. The fraction of sp³-hybridized carbons (Fsp3) is 0.176. The summed E-state index contributed by atoms with van der Waals surface area (Å²) in [5.74, 6) is -3.82. The zero-order valence-corrected chi connectivity index (χ0v) is 14.7. The summed E-state index contributed by atoms with van der Waals surface area (Å²) in [5, 5.41) is 4.43. The Labute approximate surface area is 162 Å². The van der Waals surface area contributed by atoms with E-state index in [1.807, 2.05) is 10.9 Å². The van der Waals surface area contributed by atoms with E-state index >= 15 is 0 Å². The van der Waals surface area contributed by atoms with Crippen LogP contribution in [0.3, 0.4) is 0 Å². The largest absolute Gasteiger partial charge is 0.467 e. The number of ether oxygens (including phenoxy) is 1. The Morgan fingerprint density at radius 1 is 0.966 bits per heavy atom. The summed E-state index contributed by atoms with van der Waals surface area (Å²) in [6.07, 6.45) is 1.40. The van der Waals surface area contributed by atoms with Crippen molar-refractivity contribution in [3.8, 4) is 5.75 Å². The zero-order valence-electron chi connectivity index (χ0n) is 14.7. The quantitative estimate of drug-likeness (QED) is 0.377. The average molecular weight is 410 g/mol. The molecule has 0 aliphatic rings. The van der Waals surface area contributed by atoms with Crippen LogP contribution < -0.4 is 26.2 Å². The van der Waals surface area contributed by atoms with Gasteiger partial charge < -0.3 is 19.8 Å². The summed E-state index contributed by atoms with van der Waals surface area (Å²) in [4.78, 5) is 46.8. The number of hydrogen-bond donors (Lipinski definition) is 4. The van der Waals surface area contributed by atoms with Gasteiger partial charge in [-0.2, -0.15) is 8.78 Å². The molecule has 1 aromatic carbocycles. The van der Waals surface area contributed by atoms with Gasteiger partial charge in [0, 0.05) is 0 Å². The van der Waals surface area contributed by atoms with E-state index in [1.54, 1.807) is 12.1 Å². The first kappa shape index (κ1) is 21.3. The van der Waals surface area contributed by atoms with Gasteiger partial charge in [0.15, 0.2) is 0 Å². The maximum absolute atomic E-state index is 12.4. The van der Waals surface area contributed by atoms with Gasteiger partial charge in [0.1, 0.15) is 11.5 Å². The highest BCUT2D eigenvalue weighted by Crippen LogP contribution is 2.19. The Hall–Kier alpha value is -3.96. The van der Waals surface area contributed by atoms with E-state index in [0.717, 1.165) is 0 Å². The number of hydrazine groups is 1. The van der Waals surface area contributed by atoms with E-state index in [4.69, 9.17) is 4.42 Å². The van der Waals surface area contributed by atoms with Gasteiger partial charge >= 0.3 is 18.4 Å². The molecule has 154 valence electrons. The highest BCUT2D eigenvalue weighted by Gasteiger charge is 2.17. The lowest BCUT2D eigenvalue weighted by molar-refractivity contribution is -0.141. The highest BCUT2D eigenvalue weighted by molar-refractivity contribution is 6.35. The summed E-state index contributed by atoms with van der Waals surface area (Å²) in [7, 11) is 0. The minimum atomic E-state index is -3.12. The van der Waals surface area contributed by atoms with E-state index in [-0.39, 0.29) is 17.9 Å². The molecule has 4 N–H and O–H groups in total. The van der Waals surface area contributed by atoms with Crippen molar-refractivity contribution < 1.29 is 37.1 Å². The maximum atomic E-state index is 12.4. The van der Waals surface area contributed by atoms with Crippen molar-refractivity contribution in [2.45, 2.75) is 13.2 Å². The molecule has 0 saturated heterocycles. The SMILES string of the molecule is O=C(CNC(=O)c1ccccc1OC(F)F)NNC(=O)C(=O)NCc1ccco1. The van der Waals surface area contributed by atoms with E-state index in [2.05, 4.69) is 15.4 Å². The number of furan rings is 1. The number of nitrogens with one attached hydrogen (secondary N) is 4. The number of alkyl halides is 2. The van der Waals surface area contributed by atoms with Gasteiger partial charge in [0.05, 0.1) is 24.9 Å². The van der Waals surface area contributed by atoms with Crippen molar-refractivity contribution in [2.75, 3.05) is 6.54 Å². The molecule has 0 aliphatic heterocycles. The van der Waals surface area contributed by atoms with Crippen LogP contribution in [0.4, 0.5) is 8.78 Å². The van der Waals surface area contributed by atoms with Crippen molar-refractivity contribution in [1.82, 2.24) is 21.5 Å². The number of hydrogen-bond acceptors (Lipinski definition) is 6. The fourth-order valence-electron chi connectivity index (χ4n) is 2.00. The summed E-state index contributed by atoms with van der Waals surface area (Å²) < 4.78 is 33.9.